The number of hydrogen-bond donors (Lipinski definition) is 3. The largest absolute Gasteiger partial charge is 0.476 e. The van der Waals surface area contributed by atoms with E-state index in [9.17, 15) is 4.79 Å². The van der Waals surface area contributed by atoms with Gasteiger partial charge in [0.15, 0.2) is 5.69 Å². The highest BCUT2D eigenvalue weighted by Crippen LogP contribution is 2.03. The van der Waals surface area contributed by atoms with Gasteiger partial charge in [0.05, 0.1) is 24.6 Å². The number of carboxylic acid groups (broad SMARTS) is 1. The Morgan fingerprint density at radius 2 is 2.31 bits per heavy atom. The van der Waals surface area contributed by atoms with Crippen molar-refractivity contribution >= 4 is 11.8 Å². The SMILES string of the molecule is O=C(O)c1cnc(NCc2ccn[nH]2)cn1. The Hall–Kier alpha value is -2.44. The molecule has 0 amide bonds. The molecule has 16 heavy (non-hydrogen) atoms. The maximum absolute atomic E-state index is 10.5. The van der Waals surface area contributed by atoms with Crippen molar-refractivity contribution in [1.29, 1.82) is 0 Å². The lowest BCUT2D eigenvalue weighted by Gasteiger charge is -2.02. The zero-order valence-corrected chi connectivity index (χ0v) is 8.21. The zero-order chi connectivity index (χ0) is 11.4. The summed E-state index contributed by atoms with van der Waals surface area (Å²) in [7, 11) is 0. The molecule has 2 heterocycles. The molecule has 7 heteroatoms. The average molecular weight is 219 g/mol. The summed E-state index contributed by atoms with van der Waals surface area (Å²) in [6.45, 7) is 0.529. The molecule has 7 nitrogen and oxygen atoms in total. The molecule has 2 rings (SSSR count). The van der Waals surface area contributed by atoms with E-state index in [0.29, 0.717) is 12.4 Å². The van der Waals surface area contributed by atoms with Gasteiger partial charge in [-0.15, -0.1) is 0 Å². The fourth-order valence-electron chi connectivity index (χ4n) is 1.10. The third-order valence-electron chi connectivity index (χ3n) is 1.89. The van der Waals surface area contributed by atoms with Crippen LogP contribution in [0.5, 0.6) is 0 Å². The summed E-state index contributed by atoms with van der Waals surface area (Å²) in [5.74, 6) is -0.577. The van der Waals surface area contributed by atoms with Gasteiger partial charge in [0.2, 0.25) is 0 Å². The van der Waals surface area contributed by atoms with Crippen LogP contribution in [0.1, 0.15) is 16.2 Å². The second-order valence-corrected chi connectivity index (χ2v) is 3.03. The minimum atomic E-state index is -1.09. The van der Waals surface area contributed by atoms with Gasteiger partial charge in [-0.25, -0.2) is 14.8 Å². The summed E-state index contributed by atoms with van der Waals surface area (Å²) in [5.41, 5.74) is 0.830. The molecule has 2 aromatic rings. The summed E-state index contributed by atoms with van der Waals surface area (Å²) in [5, 5.41) is 18.2. The van der Waals surface area contributed by atoms with Gasteiger partial charge in [-0.05, 0) is 6.07 Å². The van der Waals surface area contributed by atoms with Crippen molar-refractivity contribution in [3.63, 3.8) is 0 Å². The summed E-state index contributed by atoms with van der Waals surface area (Å²) in [4.78, 5) is 18.2. The average Bonchev–Trinajstić information content (AvgIpc) is 2.80. The van der Waals surface area contributed by atoms with Gasteiger partial charge < -0.3 is 10.4 Å². The third-order valence-corrected chi connectivity index (χ3v) is 1.89. The van der Waals surface area contributed by atoms with Crippen molar-refractivity contribution in [2.45, 2.75) is 6.54 Å². The molecule has 3 N–H and O–H groups in total. The standard InChI is InChI=1S/C9H9N5O2/c15-9(16)7-4-12-8(5-10-7)11-3-6-1-2-13-14-6/h1-2,4-5H,3H2,(H,11,12)(H,13,14)(H,15,16). The lowest BCUT2D eigenvalue weighted by Crippen LogP contribution is -2.05. The predicted molar refractivity (Wildman–Crippen MR) is 54.9 cm³/mol. The van der Waals surface area contributed by atoms with Crippen LogP contribution in [0.25, 0.3) is 0 Å². The first-order valence-electron chi connectivity index (χ1n) is 4.53. The molecule has 0 bridgehead atoms. The van der Waals surface area contributed by atoms with Gasteiger partial charge >= 0.3 is 5.97 Å². The summed E-state index contributed by atoms with van der Waals surface area (Å²) < 4.78 is 0. The number of rotatable bonds is 4. The first kappa shape index (κ1) is 10.1. The second-order valence-electron chi connectivity index (χ2n) is 3.03. The molecule has 0 aromatic carbocycles. The number of nitrogens with one attached hydrogen (secondary N) is 2. The zero-order valence-electron chi connectivity index (χ0n) is 8.21. The Bertz CT molecular complexity index is 465. The Morgan fingerprint density at radius 3 is 2.88 bits per heavy atom. The lowest BCUT2D eigenvalue weighted by molar-refractivity contribution is 0.0690. The van der Waals surface area contributed by atoms with Gasteiger partial charge in [0.25, 0.3) is 0 Å². The van der Waals surface area contributed by atoms with Crippen LogP contribution in [0.3, 0.4) is 0 Å². The number of aromatic amines is 1. The van der Waals surface area contributed by atoms with Crippen molar-refractivity contribution in [3.8, 4) is 0 Å². The van der Waals surface area contributed by atoms with E-state index in [1.165, 1.54) is 12.4 Å². The van der Waals surface area contributed by atoms with Gasteiger partial charge in [-0.3, -0.25) is 5.10 Å². The quantitative estimate of drug-likeness (QED) is 0.692. The van der Waals surface area contributed by atoms with E-state index in [1.807, 2.05) is 6.07 Å². The van der Waals surface area contributed by atoms with E-state index in [2.05, 4.69) is 25.5 Å². The number of H-pyrrole nitrogens is 1. The number of carbonyl (C=O) groups is 1. The summed E-state index contributed by atoms with van der Waals surface area (Å²) in [6, 6.07) is 1.83. The lowest BCUT2D eigenvalue weighted by atomic mass is 10.4. The van der Waals surface area contributed by atoms with Crippen molar-refractivity contribution in [3.05, 3.63) is 36.0 Å². The Morgan fingerprint density at radius 1 is 1.44 bits per heavy atom. The third kappa shape index (κ3) is 2.32. The van der Waals surface area contributed by atoms with Gasteiger partial charge in [-0.1, -0.05) is 0 Å². The molecule has 82 valence electrons. The van der Waals surface area contributed by atoms with Gasteiger partial charge in [0, 0.05) is 6.20 Å². The fraction of sp³-hybridized carbons (Fsp3) is 0.111. The number of hydrogen-bond acceptors (Lipinski definition) is 5. The Labute approximate surface area is 90.6 Å². The predicted octanol–water partition coefficient (Wildman–Crippen LogP) is 0.510. The minimum absolute atomic E-state index is 0.0768. The molecule has 0 saturated carbocycles. The topological polar surface area (TPSA) is 104 Å². The molecule has 0 atom stereocenters. The van der Waals surface area contributed by atoms with Crippen LogP contribution in [0.2, 0.25) is 0 Å². The molecule has 2 aromatic heterocycles. The van der Waals surface area contributed by atoms with Crippen molar-refractivity contribution in [2.75, 3.05) is 5.32 Å². The fourth-order valence-corrected chi connectivity index (χ4v) is 1.10. The van der Waals surface area contributed by atoms with Crippen LogP contribution in [0.15, 0.2) is 24.7 Å². The Balaban J connectivity index is 1.98. The smallest absolute Gasteiger partial charge is 0.356 e. The van der Waals surface area contributed by atoms with E-state index in [-0.39, 0.29) is 5.69 Å². The Kier molecular flexibility index (Phi) is 2.77. The minimum Gasteiger partial charge on any atom is -0.476 e. The number of anilines is 1. The number of carboxylic acids is 1. The van der Waals surface area contributed by atoms with E-state index in [1.54, 1.807) is 6.20 Å². The highest BCUT2D eigenvalue weighted by Gasteiger charge is 2.04. The molecule has 0 radical (unpaired) electrons. The molecular weight excluding hydrogens is 210 g/mol. The second kappa shape index (κ2) is 4.39. The van der Waals surface area contributed by atoms with Crippen LogP contribution < -0.4 is 5.32 Å². The molecule has 0 aliphatic rings. The van der Waals surface area contributed by atoms with Crippen LogP contribution in [-0.4, -0.2) is 31.2 Å². The molecule has 0 saturated heterocycles. The molecule has 0 spiro atoms. The van der Waals surface area contributed by atoms with E-state index in [0.717, 1.165) is 5.69 Å². The van der Waals surface area contributed by atoms with Crippen molar-refractivity contribution in [2.24, 2.45) is 0 Å². The van der Waals surface area contributed by atoms with Crippen LogP contribution in [0, 0.1) is 0 Å². The molecule has 0 fully saturated rings. The van der Waals surface area contributed by atoms with E-state index < -0.39 is 5.97 Å². The normalized spacial score (nSPS) is 10.0. The van der Waals surface area contributed by atoms with E-state index >= 15 is 0 Å². The highest BCUT2D eigenvalue weighted by atomic mass is 16.4. The van der Waals surface area contributed by atoms with Crippen LogP contribution >= 0.6 is 0 Å². The summed E-state index contributed by atoms with van der Waals surface area (Å²) >= 11 is 0. The molecule has 0 aliphatic heterocycles. The first-order valence-corrected chi connectivity index (χ1v) is 4.53. The van der Waals surface area contributed by atoms with Gasteiger partial charge in [-0.2, -0.15) is 5.10 Å². The van der Waals surface area contributed by atoms with Gasteiger partial charge in [0.1, 0.15) is 5.82 Å². The first-order chi connectivity index (χ1) is 7.75. The molecular formula is C9H9N5O2. The number of nitrogens with zero attached hydrogens (tertiary/aromatic N) is 3. The van der Waals surface area contributed by atoms with E-state index in [4.69, 9.17) is 5.11 Å². The maximum Gasteiger partial charge on any atom is 0.356 e. The maximum atomic E-state index is 10.5. The monoisotopic (exact) mass is 219 g/mol. The van der Waals surface area contributed by atoms with Crippen molar-refractivity contribution < 1.29 is 9.90 Å². The van der Waals surface area contributed by atoms with Crippen molar-refractivity contribution in [1.82, 2.24) is 20.2 Å². The van der Waals surface area contributed by atoms with Crippen LogP contribution in [-0.2, 0) is 6.54 Å². The van der Waals surface area contributed by atoms with Crippen LogP contribution in [0.4, 0.5) is 5.82 Å². The summed E-state index contributed by atoms with van der Waals surface area (Å²) in [6.07, 6.45) is 4.23. The number of aromatic nitrogens is 4. The molecule has 0 aliphatic carbocycles. The molecule has 0 unspecified atom stereocenters. The number of aromatic carboxylic acids is 1. The highest BCUT2D eigenvalue weighted by molar-refractivity contribution is 5.84.